The van der Waals surface area contributed by atoms with E-state index in [-0.39, 0.29) is 11.9 Å². The van der Waals surface area contributed by atoms with Gasteiger partial charge in [-0.25, -0.2) is 4.79 Å². The molecule has 0 unspecified atom stereocenters. The standard InChI is InChI=1S/C17H25NO4/c1-10-7-5-6-8-15(10)18-16(19)13(4)22-17(20)14-9-11(2)21-12(14)3/h9-10,13,15H,5-8H2,1-4H3,(H,18,19)/t10-,13-,15-/m0/s1. The highest BCUT2D eigenvalue weighted by atomic mass is 16.5. The van der Waals surface area contributed by atoms with Crippen molar-refractivity contribution in [2.75, 3.05) is 0 Å². The minimum Gasteiger partial charge on any atom is -0.466 e. The third-order valence-electron chi connectivity index (χ3n) is 4.35. The smallest absolute Gasteiger partial charge is 0.342 e. The van der Waals surface area contributed by atoms with Gasteiger partial charge in [-0.1, -0.05) is 19.8 Å². The Morgan fingerprint density at radius 2 is 2.00 bits per heavy atom. The van der Waals surface area contributed by atoms with Crippen LogP contribution in [-0.2, 0) is 9.53 Å². The Morgan fingerprint density at radius 1 is 1.32 bits per heavy atom. The maximum Gasteiger partial charge on any atom is 0.342 e. The number of ether oxygens (including phenoxy) is 1. The first kappa shape index (κ1) is 16.6. The maximum absolute atomic E-state index is 12.2. The van der Waals surface area contributed by atoms with Gasteiger partial charge >= 0.3 is 5.97 Å². The molecule has 1 saturated carbocycles. The van der Waals surface area contributed by atoms with Crippen LogP contribution in [0.4, 0.5) is 0 Å². The summed E-state index contributed by atoms with van der Waals surface area (Å²) in [5.74, 6) is 0.881. The molecule has 1 aliphatic carbocycles. The third kappa shape index (κ3) is 3.90. The largest absolute Gasteiger partial charge is 0.466 e. The SMILES string of the molecule is Cc1cc(C(=O)O[C@@H](C)C(=O)N[C@H]2CCCC[C@@H]2C)c(C)o1. The van der Waals surface area contributed by atoms with Crippen molar-refractivity contribution in [3.8, 4) is 0 Å². The van der Waals surface area contributed by atoms with Crippen LogP contribution >= 0.6 is 0 Å². The molecule has 1 aromatic rings. The van der Waals surface area contributed by atoms with Gasteiger partial charge in [0, 0.05) is 6.04 Å². The van der Waals surface area contributed by atoms with Gasteiger partial charge in [0.15, 0.2) is 6.10 Å². The number of esters is 1. The fourth-order valence-corrected chi connectivity index (χ4v) is 2.94. The summed E-state index contributed by atoms with van der Waals surface area (Å²) in [6.45, 7) is 7.23. The van der Waals surface area contributed by atoms with E-state index in [1.54, 1.807) is 26.8 Å². The Kier molecular flexibility index (Phi) is 5.27. The highest BCUT2D eigenvalue weighted by molar-refractivity contribution is 5.93. The van der Waals surface area contributed by atoms with Gasteiger partial charge in [-0.05, 0) is 45.6 Å². The molecule has 1 amide bonds. The molecule has 0 aromatic carbocycles. The first-order valence-corrected chi connectivity index (χ1v) is 7.97. The summed E-state index contributed by atoms with van der Waals surface area (Å²) in [5, 5.41) is 3.01. The molecular weight excluding hydrogens is 282 g/mol. The van der Waals surface area contributed by atoms with Crippen molar-refractivity contribution in [2.24, 2.45) is 5.92 Å². The van der Waals surface area contributed by atoms with Crippen LogP contribution in [0.25, 0.3) is 0 Å². The zero-order valence-electron chi connectivity index (χ0n) is 13.8. The van der Waals surface area contributed by atoms with E-state index in [1.165, 1.54) is 6.42 Å². The quantitative estimate of drug-likeness (QED) is 0.868. The maximum atomic E-state index is 12.2. The van der Waals surface area contributed by atoms with E-state index in [4.69, 9.17) is 9.15 Å². The summed E-state index contributed by atoms with van der Waals surface area (Å²) >= 11 is 0. The first-order chi connectivity index (χ1) is 10.4. The van der Waals surface area contributed by atoms with Crippen LogP contribution < -0.4 is 5.32 Å². The summed E-state index contributed by atoms with van der Waals surface area (Å²) in [7, 11) is 0. The zero-order valence-corrected chi connectivity index (χ0v) is 13.8. The van der Waals surface area contributed by atoms with Crippen molar-refractivity contribution >= 4 is 11.9 Å². The van der Waals surface area contributed by atoms with Gasteiger partial charge < -0.3 is 14.5 Å². The average Bonchev–Trinajstić information content (AvgIpc) is 2.80. The summed E-state index contributed by atoms with van der Waals surface area (Å²) in [6.07, 6.45) is 3.67. The number of amides is 1. The van der Waals surface area contributed by atoms with E-state index in [9.17, 15) is 9.59 Å². The van der Waals surface area contributed by atoms with Crippen molar-refractivity contribution in [3.05, 3.63) is 23.2 Å². The Labute approximate surface area is 131 Å². The molecule has 22 heavy (non-hydrogen) atoms. The second kappa shape index (κ2) is 6.99. The van der Waals surface area contributed by atoms with Gasteiger partial charge in [-0.3, -0.25) is 4.79 Å². The zero-order chi connectivity index (χ0) is 16.3. The molecule has 5 heteroatoms. The van der Waals surface area contributed by atoms with Gasteiger partial charge in [0.05, 0.1) is 0 Å². The Hall–Kier alpha value is -1.78. The molecule has 3 atom stereocenters. The predicted molar refractivity (Wildman–Crippen MR) is 82.6 cm³/mol. The Balaban J connectivity index is 1.90. The highest BCUT2D eigenvalue weighted by Crippen LogP contribution is 2.24. The number of rotatable bonds is 4. The van der Waals surface area contributed by atoms with E-state index in [0.29, 0.717) is 23.0 Å². The summed E-state index contributed by atoms with van der Waals surface area (Å²) in [6, 6.07) is 1.81. The van der Waals surface area contributed by atoms with Crippen LogP contribution in [0.5, 0.6) is 0 Å². The molecule has 0 spiro atoms. The van der Waals surface area contributed by atoms with Gasteiger partial charge in [0.25, 0.3) is 5.91 Å². The van der Waals surface area contributed by atoms with Crippen LogP contribution in [0.15, 0.2) is 10.5 Å². The van der Waals surface area contributed by atoms with Crippen LogP contribution in [0.3, 0.4) is 0 Å². The molecule has 1 aliphatic rings. The minimum absolute atomic E-state index is 0.181. The molecule has 122 valence electrons. The van der Waals surface area contributed by atoms with Gasteiger partial charge in [-0.15, -0.1) is 0 Å². The number of nitrogens with one attached hydrogen (secondary N) is 1. The number of hydrogen-bond acceptors (Lipinski definition) is 4. The number of aryl methyl sites for hydroxylation is 2. The topological polar surface area (TPSA) is 68.5 Å². The number of hydrogen-bond donors (Lipinski definition) is 1. The van der Waals surface area contributed by atoms with Gasteiger partial charge in [0.1, 0.15) is 17.1 Å². The van der Waals surface area contributed by atoms with Gasteiger partial charge in [-0.2, -0.15) is 0 Å². The van der Waals surface area contributed by atoms with Crippen LogP contribution in [0, 0.1) is 19.8 Å². The second-order valence-electron chi connectivity index (χ2n) is 6.25. The van der Waals surface area contributed by atoms with E-state index in [1.807, 2.05) is 0 Å². The normalized spacial score (nSPS) is 22.9. The molecule has 2 rings (SSSR count). The lowest BCUT2D eigenvalue weighted by Gasteiger charge is -2.30. The molecule has 0 bridgehead atoms. The van der Waals surface area contributed by atoms with E-state index < -0.39 is 12.1 Å². The molecule has 5 nitrogen and oxygen atoms in total. The van der Waals surface area contributed by atoms with Crippen molar-refractivity contribution < 1.29 is 18.7 Å². The molecule has 1 heterocycles. The van der Waals surface area contributed by atoms with E-state index in [0.717, 1.165) is 19.3 Å². The predicted octanol–water partition coefficient (Wildman–Crippen LogP) is 3.14. The van der Waals surface area contributed by atoms with E-state index >= 15 is 0 Å². The van der Waals surface area contributed by atoms with Crippen molar-refractivity contribution in [1.82, 2.24) is 5.32 Å². The fraction of sp³-hybridized carbons (Fsp3) is 0.647. The second-order valence-corrected chi connectivity index (χ2v) is 6.25. The minimum atomic E-state index is -0.809. The van der Waals surface area contributed by atoms with Crippen LogP contribution in [0.1, 0.15) is 61.4 Å². The molecule has 1 fully saturated rings. The van der Waals surface area contributed by atoms with Crippen molar-refractivity contribution in [1.29, 1.82) is 0 Å². The Morgan fingerprint density at radius 3 is 2.59 bits per heavy atom. The molecular formula is C17H25NO4. The van der Waals surface area contributed by atoms with Crippen molar-refractivity contribution in [2.45, 2.75) is 65.5 Å². The van der Waals surface area contributed by atoms with Gasteiger partial charge in [0.2, 0.25) is 0 Å². The third-order valence-corrected chi connectivity index (χ3v) is 4.35. The molecule has 1 N–H and O–H groups in total. The first-order valence-electron chi connectivity index (χ1n) is 7.97. The average molecular weight is 307 g/mol. The number of carbonyl (C=O) groups is 2. The highest BCUT2D eigenvalue weighted by Gasteiger charge is 2.27. The summed E-state index contributed by atoms with van der Waals surface area (Å²) in [5.41, 5.74) is 0.378. The summed E-state index contributed by atoms with van der Waals surface area (Å²) in [4.78, 5) is 24.3. The summed E-state index contributed by atoms with van der Waals surface area (Å²) < 4.78 is 10.6. The lowest BCUT2D eigenvalue weighted by molar-refractivity contribution is -0.130. The number of furan rings is 1. The van der Waals surface area contributed by atoms with E-state index in [2.05, 4.69) is 12.2 Å². The fourth-order valence-electron chi connectivity index (χ4n) is 2.94. The molecule has 0 radical (unpaired) electrons. The number of carbonyl (C=O) groups excluding carboxylic acids is 2. The van der Waals surface area contributed by atoms with Crippen LogP contribution in [0.2, 0.25) is 0 Å². The molecule has 0 saturated heterocycles. The monoisotopic (exact) mass is 307 g/mol. The lowest BCUT2D eigenvalue weighted by atomic mass is 9.86. The van der Waals surface area contributed by atoms with Crippen LogP contribution in [-0.4, -0.2) is 24.0 Å². The molecule has 1 aromatic heterocycles. The Bertz CT molecular complexity index is 549. The van der Waals surface area contributed by atoms with Crippen molar-refractivity contribution in [3.63, 3.8) is 0 Å². The molecule has 0 aliphatic heterocycles. The lowest BCUT2D eigenvalue weighted by Crippen LogP contribution is -2.46.